The Bertz CT molecular complexity index is 651. The molecule has 0 aliphatic carbocycles. The normalized spacial score (nSPS) is 20.6. The molecule has 20 heavy (non-hydrogen) atoms. The predicted molar refractivity (Wildman–Crippen MR) is 79.6 cm³/mol. The number of fused-ring (bicyclic) bond motifs is 1. The first-order valence-electron chi connectivity index (χ1n) is 6.84. The molecule has 104 valence electrons. The fourth-order valence-corrected chi connectivity index (χ4v) is 2.38. The highest BCUT2D eigenvalue weighted by molar-refractivity contribution is 6.62. The third kappa shape index (κ3) is 2.04. The van der Waals surface area contributed by atoms with Gasteiger partial charge in [-0.1, -0.05) is 30.3 Å². The minimum Gasteiger partial charge on any atom is -0.399 e. The van der Waals surface area contributed by atoms with Crippen LogP contribution in [0.1, 0.15) is 27.7 Å². The zero-order valence-corrected chi connectivity index (χ0v) is 12.2. The van der Waals surface area contributed by atoms with Gasteiger partial charge in [0.1, 0.15) is 5.82 Å². The Labute approximate surface area is 119 Å². The second kappa shape index (κ2) is 4.30. The van der Waals surface area contributed by atoms with E-state index in [0.29, 0.717) is 5.46 Å². The Balaban J connectivity index is 2.05. The van der Waals surface area contributed by atoms with Crippen LogP contribution in [0.3, 0.4) is 0 Å². The summed E-state index contributed by atoms with van der Waals surface area (Å²) in [7, 11) is -0.662. The lowest BCUT2D eigenvalue weighted by Gasteiger charge is -2.32. The van der Waals surface area contributed by atoms with Crippen molar-refractivity contribution in [3.05, 3.63) is 42.2 Å². The topological polar surface area (TPSA) is 18.5 Å². The predicted octanol–water partition coefficient (Wildman–Crippen LogP) is 3.28. The van der Waals surface area contributed by atoms with Crippen LogP contribution in [0.25, 0.3) is 10.8 Å². The van der Waals surface area contributed by atoms with Crippen LogP contribution in [0.2, 0.25) is 0 Å². The van der Waals surface area contributed by atoms with Gasteiger partial charge >= 0.3 is 7.12 Å². The van der Waals surface area contributed by atoms with Gasteiger partial charge in [0, 0.05) is 5.46 Å². The average molecular weight is 272 g/mol. The van der Waals surface area contributed by atoms with Crippen molar-refractivity contribution in [3.8, 4) is 0 Å². The van der Waals surface area contributed by atoms with Crippen molar-refractivity contribution in [2.45, 2.75) is 38.9 Å². The van der Waals surface area contributed by atoms with Crippen molar-refractivity contribution >= 4 is 23.4 Å². The molecule has 1 aliphatic rings. The van der Waals surface area contributed by atoms with Gasteiger partial charge in [-0.3, -0.25) is 0 Å². The van der Waals surface area contributed by atoms with E-state index in [1.165, 1.54) is 6.07 Å². The van der Waals surface area contributed by atoms with Gasteiger partial charge in [-0.15, -0.1) is 0 Å². The lowest BCUT2D eigenvalue weighted by molar-refractivity contribution is 0.00578. The summed E-state index contributed by atoms with van der Waals surface area (Å²) in [6, 6.07) is 11.0. The maximum atomic E-state index is 14.3. The van der Waals surface area contributed by atoms with Gasteiger partial charge in [-0.05, 0) is 44.5 Å². The van der Waals surface area contributed by atoms with E-state index < -0.39 is 18.3 Å². The number of hydrogen-bond acceptors (Lipinski definition) is 2. The summed E-state index contributed by atoms with van der Waals surface area (Å²) in [5.41, 5.74) is -0.465. The number of halogens is 1. The lowest BCUT2D eigenvalue weighted by atomic mass is 9.77. The van der Waals surface area contributed by atoms with Crippen LogP contribution in [0, 0.1) is 5.82 Å². The molecule has 3 rings (SSSR count). The minimum absolute atomic E-state index is 0.290. The second-order valence-electron chi connectivity index (χ2n) is 6.31. The van der Waals surface area contributed by atoms with Crippen LogP contribution in [-0.2, 0) is 9.31 Å². The summed E-state index contributed by atoms with van der Waals surface area (Å²) in [4.78, 5) is 0. The molecule has 1 fully saturated rings. The molecule has 1 heterocycles. The van der Waals surface area contributed by atoms with E-state index in [1.54, 1.807) is 0 Å². The van der Waals surface area contributed by atoms with E-state index in [2.05, 4.69) is 0 Å². The zero-order chi connectivity index (χ0) is 14.5. The largest absolute Gasteiger partial charge is 0.497 e. The second-order valence-corrected chi connectivity index (χ2v) is 6.31. The summed E-state index contributed by atoms with van der Waals surface area (Å²) < 4.78 is 26.2. The monoisotopic (exact) mass is 272 g/mol. The molecule has 0 N–H and O–H groups in total. The molecule has 2 nitrogen and oxygen atoms in total. The van der Waals surface area contributed by atoms with Gasteiger partial charge in [-0.25, -0.2) is 4.39 Å². The third-order valence-corrected chi connectivity index (χ3v) is 4.37. The quantitative estimate of drug-likeness (QED) is 0.742. The fraction of sp³-hybridized carbons (Fsp3) is 0.375. The van der Waals surface area contributed by atoms with E-state index >= 15 is 0 Å². The highest BCUT2D eigenvalue weighted by Gasteiger charge is 2.52. The summed E-state index contributed by atoms with van der Waals surface area (Å²) in [5, 5.41) is 1.86. The van der Waals surface area contributed by atoms with E-state index in [9.17, 15) is 4.39 Å². The SMILES string of the molecule is CC1(C)OB(c2cc3ccccc3cc2F)OC1(C)C. The molecule has 0 amide bonds. The maximum Gasteiger partial charge on any atom is 0.497 e. The molecule has 1 aliphatic heterocycles. The number of hydrogen-bond donors (Lipinski definition) is 0. The Kier molecular flexibility index (Phi) is 2.92. The summed E-state index contributed by atoms with van der Waals surface area (Å²) >= 11 is 0. The molecule has 0 spiro atoms. The first kappa shape index (κ1) is 13.6. The number of rotatable bonds is 1. The van der Waals surface area contributed by atoms with E-state index in [4.69, 9.17) is 9.31 Å². The van der Waals surface area contributed by atoms with Gasteiger partial charge < -0.3 is 9.31 Å². The maximum absolute atomic E-state index is 14.3. The lowest BCUT2D eigenvalue weighted by Crippen LogP contribution is -2.41. The summed E-state index contributed by atoms with van der Waals surface area (Å²) in [6.45, 7) is 7.86. The van der Waals surface area contributed by atoms with E-state index in [0.717, 1.165) is 10.8 Å². The van der Waals surface area contributed by atoms with Crippen LogP contribution < -0.4 is 5.46 Å². The van der Waals surface area contributed by atoms with Crippen molar-refractivity contribution in [1.82, 2.24) is 0 Å². The molecule has 0 unspecified atom stereocenters. The third-order valence-electron chi connectivity index (χ3n) is 4.37. The Morgan fingerprint density at radius 1 is 0.900 bits per heavy atom. The van der Waals surface area contributed by atoms with Crippen molar-refractivity contribution in [2.24, 2.45) is 0 Å². The van der Waals surface area contributed by atoms with Gasteiger partial charge in [0.15, 0.2) is 0 Å². The molecule has 0 radical (unpaired) electrons. The Hall–Kier alpha value is -1.39. The van der Waals surface area contributed by atoms with Gasteiger partial charge in [0.05, 0.1) is 11.2 Å². The van der Waals surface area contributed by atoms with Crippen molar-refractivity contribution in [2.75, 3.05) is 0 Å². The smallest absolute Gasteiger partial charge is 0.399 e. The molecule has 4 heteroatoms. The van der Waals surface area contributed by atoms with Crippen molar-refractivity contribution < 1.29 is 13.7 Å². The van der Waals surface area contributed by atoms with Crippen molar-refractivity contribution in [1.29, 1.82) is 0 Å². The van der Waals surface area contributed by atoms with E-state index in [-0.39, 0.29) is 5.82 Å². The molecular weight excluding hydrogens is 254 g/mol. The fourth-order valence-electron chi connectivity index (χ4n) is 2.38. The summed E-state index contributed by atoms with van der Waals surface area (Å²) in [5.74, 6) is -0.290. The van der Waals surface area contributed by atoms with E-state index in [1.807, 2.05) is 58.0 Å². The summed E-state index contributed by atoms with van der Waals surface area (Å²) in [6.07, 6.45) is 0. The van der Waals surface area contributed by atoms with Crippen LogP contribution in [0.5, 0.6) is 0 Å². The minimum atomic E-state index is -0.662. The standard InChI is InChI=1S/C16H18BFO2/c1-15(2)16(3,4)20-17(19-15)13-9-11-7-5-6-8-12(11)10-14(13)18/h5-10H,1-4H3. The van der Waals surface area contributed by atoms with Gasteiger partial charge in [0.2, 0.25) is 0 Å². The molecule has 0 bridgehead atoms. The zero-order valence-electron chi connectivity index (χ0n) is 12.2. The molecule has 2 aromatic carbocycles. The number of benzene rings is 2. The van der Waals surface area contributed by atoms with Crippen LogP contribution in [0.4, 0.5) is 4.39 Å². The van der Waals surface area contributed by atoms with Crippen molar-refractivity contribution in [3.63, 3.8) is 0 Å². The van der Waals surface area contributed by atoms with Gasteiger partial charge in [-0.2, -0.15) is 0 Å². The molecule has 1 saturated heterocycles. The first-order valence-corrected chi connectivity index (χ1v) is 6.84. The molecule has 2 aromatic rings. The molecule has 0 atom stereocenters. The van der Waals surface area contributed by atoms with Crippen LogP contribution in [-0.4, -0.2) is 18.3 Å². The Morgan fingerprint density at radius 3 is 1.95 bits per heavy atom. The van der Waals surface area contributed by atoms with Gasteiger partial charge in [0.25, 0.3) is 0 Å². The molecule has 0 aromatic heterocycles. The average Bonchev–Trinajstić information content (AvgIpc) is 2.57. The van der Waals surface area contributed by atoms with Crippen LogP contribution >= 0.6 is 0 Å². The molecule has 0 saturated carbocycles. The Morgan fingerprint density at radius 2 is 1.40 bits per heavy atom. The highest BCUT2D eigenvalue weighted by Crippen LogP contribution is 2.36. The highest BCUT2D eigenvalue weighted by atomic mass is 19.1. The first-order chi connectivity index (χ1) is 9.30. The molecular formula is C16H18BFO2. The van der Waals surface area contributed by atoms with Crippen LogP contribution in [0.15, 0.2) is 36.4 Å².